The van der Waals surface area contributed by atoms with Gasteiger partial charge in [-0.05, 0) is 51.8 Å². The van der Waals surface area contributed by atoms with Crippen molar-refractivity contribution in [3.63, 3.8) is 0 Å². The highest BCUT2D eigenvalue weighted by molar-refractivity contribution is 5.48. The van der Waals surface area contributed by atoms with Crippen molar-refractivity contribution in [1.82, 2.24) is 9.88 Å². The number of aliphatic hydroxyl groups excluding tert-OH is 1. The minimum atomic E-state index is -0.450. The molecule has 0 amide bonds. The Balaban J connectivity index is 1.63. The number of pyridine rings is 1. The molecule has 0 spiro atoms. The molecule has 1 N–H and O–H groups in total. The number of aromatic nitrogens is 1. The van der Waals surface area contributed by atoms with Gasteiger partial charge in [0.25, 0.3) is 0 Å². The summed E-state index contributed by atoms with van der Waals surface area (Å²) in [5.41, 5.74) is 0.953. The molecule has 2 saturated heterocycles. The van der Waals surface area contributed by atoms with Crippen molar-refractivity contribution in [1.29, 1.82) is 0 Å². The lowest BCUT2D eigenvalue weighted by Crippen LogP contribution is -2.47. The van der Waals surface area contributed by atoms with E-state index in [2.05, 4.69) is 14.8 Å². The number of anilines is 1. The predicted octanol–water partition coefficient (Wildman–Crippen LogP) is 2.59. The third kappa shape index (κ3) is 3.38. The van der Waals surface area contributed by atoms with Crippen molar-refractivity contribution in [2.24, 2.45) is 0 Å². The fraction of sp³-hybridized carbons (Fsp3) is 0.706. The van der Waals surface area contributed by atoms with E-state index < -0.39 is 6.10 Å². The topological polar surface area (TPSA) is 39.6 Å². The Morgan fingerprint density at radius 2 is 1.86 bits per heavy atom. The van der Waals surface area contributed by atoms with Gasteiger partial charge in [0.2, 0.25) is 0 Å². The molecule has 116 valence electrons. The lowest BCUT2D eigenvalue weighted by atomic mass is 9.99. The van der Waals surface area contributed by atoms with E-state index in [4.69, 9.17) is 0 Å². The van der Waals surface area contributed by atoms with Crippen LogP contribution in [0, 0.1) is 0 Å². The lowest BCUT2D eigenvalue weighted by Gasteiger charge is -2.41. The van der Waals surface area contributed by atoms with Crippen molar-refractivity contribution in [2.45, 2.75) is 51.2 Å². The van der Waals surface area contributed by atoms with E-state index in [0.29, 0.717) is 0 Å². The Kier molecular flexibility index (Phi) is 4.76. The van der Waals surface area contributed by atoms with Crippen LogP contribution in [0.25, 0.3) is 0 Å². The summed E-state index contributed by atoms with van der Waals surface area (Å²) in [5, 5.41) is 9.92. The first-order valence-electron chi connectivity index (χ1n) is 8.37. The second-order valence-corrected chi connectivity index (χ2v) is 6.41. The Labute approximate surface area is 127 Å². The maximum Gasteiger partial charge on any atom is 0.134 e. The fourth-order valence-electron chi connectivity index (χ4n) is 3.73. The van der Waals surface area contributed by atoms with E-state index in [-0.39, 0.29) is 0 Å². The lowest BCUT2D eigenvalue weighted by molar-refractivity contribution is 0.141. The fourth-order valence-corrected chi connectivity index (χ4v) is 3.73. The smallest absolute Gasteiger partial charge is 0.134 e. The summed E-state index contributed by atoms with van der Waals surface area (Å²) in [6, 6.07) is 4.65. The van der Waals surface area contributed by atoms with Crippen molar-refractivity contribution in [3.8, 4) is 0 Å². The van der Waals surface area contributed by atoms with Gasteiger partial charge in [0, 0.05) is 30.9 Å². The number of nitrogens with zero attached hydrogens (tertiary/aromatic N) is 3. The first-order chi connectivity index (χ1) is 10.3. The van der Waals surface area contributed by atoms with E-state index in [9.17, 15) is 5.11 Å². The summed E-state index contributed by atoms with van der Waals surface area (Å²) < 4.78 is 0. The second kappa shape index (κ2) is 6.75. The van der Waals surface area contributed by atoms with Gasteiger partial charge in [-0.1, -0.05) is 12.5 Å². The number of rotatable bonds is 3. The molecule has 0 bridgehead atoms. The number of hydrogen-bond donors (Lipinski definition) is 1. The molecule has 0 saturated carbocycles. The molecule has 0 radical (unpaired) electrons. The van der Waals surface area contributed by atoms with E-state index in [1.165, 1.54) is 45.2 Å². The Hall–Kier alpha value is -1.13. The van der Waals surface area contributed by atoms with E-state index >= 15 is 0 Å². The number of likely N-dealkylation sites (tertiary alicyclic amines) is 1. The molecular formula is C17H27N3O. The van der Waals surface area contributed by atoms with Gasteiger partial charge in [0.05, 0.1) is 6.10 Å². The van der Waals surface area contributed by atoms with Crippen LogP contribution in [0.3, 0.4) is 0 Å². The van der Waals surface area contributed by atoms with Gasteiger partial charge in [0.1, 0.15) is 5.82 Å². The molecule has 0 aliphatic carbocycles. The minimum Gasteiger partial charge on any atom is -0.389 e. The SMILES string of the molecule is C[C@H](O)c1cccnc1N1CCC(N2CCCCC2)CC1. The Morgan fingerprint density at radius 1 is 1.14 bits per heavy atom. The molecule has 3 rings (SSSR count). The monoisotopic (exact) mass is 289 g/mol. The first kappa shape index (κ1) is 14.8. The second-order valence-electron chi connectivity index (χ2n) is 6.41. The highest BCUT2D eigenvalue weighted by Gasteiger charge is 2.27. The van der Waals surface area contributed by atoms with Gasteiger partial charge in [-0.2, -0.15) is 0 Å². The number of hydrogen-bond acceptors (Lipinski definition) is 4. The molecule has 1 aromatic heterocycles. The largest absolute Gasteiger partial charge is 0.389 e. The number of piperidine rings is 2. The molecule has 4 heteroatoms. The van der Waals surface area contributed by atoms with Crippen molar-refractivity contribution < 1.29 is 5.11 Å². The quantitative estimate of drug-likeness (QED) is 0.928. The first-order valence-corrected chi connectivity index (χ1v) is 8.37. The van der Waals surface area contributed by atoms with Gasteiger partial charge in [0.15, 0.2) is 0 Å². The molecule has 2 aliphatic rings. The van der Waals surface area contributed by atoms with Crippen LogP contribution in [0.5, 0.6) is 0 Å². The summed E-state index contributed by atoms with van der Waals surface area (Å²) in [6.07, 6.45) is 7.96. The zero-order valence-corrected chi connectivity index (χ0v) is 13.0. The van der Waals surface area contributed by atoms with Gasteiger partial charge < -0.3 is 14.9 Å². The van der Waals surface area contributed by atoms with Crippen LogP contribution in [0.15, 0.2) is 18.3 Å². The van der Waals surface area contributed by atoms with Crippen LogP contribution in [0.2, 0.25) is 0 Å². The summed E-state index contributed by atoms with van der Waals surface area (Å²) in [6.45, 7) is 6.50. The summed E-state index contributed by atoms with van der Waals surface area (Å²) in [4.78, 5) is 9.55. The highest BCUT2D eigenvalue weighted by Crippen LogP contribution is 2.28. The van der Waals surface area contributed by atoms with Crippen molar-refractivity contribution in [3.05, 3.63) is 23.9 Å². The summed E-state index contributed by atoms with van der Waals surface area (Å²) in [5.74, 6) is 0.976. The number of aliphatic hydroxyl groups is 1. The summed E-state index contributed by atoms with van der Waals surface area (Å²) >= 11 is 0. The van der Waals surface area contributed by atoms with Gasteiger partial charge in [-0.15, -0.1) is 0 Å². The minimum absolute atomic E-state index is 0.450. The normalized spacial score (nSPS) is 23.2. The molecule has 21 heavy (non-hydrogen) atoms. The van der Waals surface area contributed by atoms with Crippen LogP contribution in [0.1, 0.15) is 50.7 Å². The third-order valence-corrected chi connectivity index (χ3v) is 4.94. The molecule has 1 aromatic rings. The van der Waals surface area contributed by atoms with E-state index in [1.807, 2.05) is 25.3 Å². The Morgan fingerprint density at radius 3 is 2.52 bits per heavy atom. The average Bonchev–Trinajstić information content (AvgIpc) is 2.56. The van der Waals surface area contributed by atoms with Crippen LogP contribution in [-0.2, 0) is 0 Å². The van der Waals surface area contributed by atoms with Crippen LogP contribution < -0.4 is 4.90 Å². The Bertz CT molecular complexity index is 449. The predicted molar refractivity (Wildman–Crippen MR) is 85.5 cm³/mol. The zero-order chi connectivity index (χ0) is 14.7. The molecule has 2 fully saturated rings. The van der Waals surface area contributed by atoms with Gasteiger partial charge in [-0.3, -0.25) is 0 Å². The zero-order valence-electron chi connectivity index (χ0n) is 13.0. The van der Waals surface area contributed by atoms with Crippen LogP contribution in [0.4, 0.5) is 5.82 Å². The van der Waals surface area contributed by atoms with Gasteiger partial charge >= 0.3 is 0 Å². The van der Waals surface area contributed by atoms with Crippen LogP contribution in [-0.4, -0.2) is 47.2 Å². The molecule has 0 unspecified atom stereocenters. The highest BCUT2D eigenvalue weighted by atomic mass is 16.3. The standard InChI is InChI=1S/C17H27N3O/c1-14(21)16-6-5-9-18-17(16)20-12-7-15(8-13-20)19-10-3-2-4-11-19/h5-6,9,14-15,21H,2-4,7-8,10-13H2,1H3/t14-/m0/s1. The van der Waals surface area contributed by atoms with Crippen molar-refractivity contribution >= 4 is 5.82 Å². The third-order valence-electron chi connectivity index (χ3n) is 4.94. The molecular weight excluding hydrogens is 262 g/mol. The van der Waals surface area contributed by atoms with E-state index in [0.717, 1.165) is 30.5 Å². The maximum atomic E-state index is 9.92. The molecule has 3 heterocycles. The van der Waals surface area contributed by atoms with Crippen LogP contribution >= 0.6 is 0 Å². The average molecular weight is 289 g/mol. The van der Waals surface area contributed by atoms with Gasteiger partial charge in [-0.25, -0.2) is 4.98 Å². The van der Waals surface area contributed by atoms with Crippen molar-refractivity contribution in [2.75, 3.05) is 31.1 Å². The molecule has 4 nitrogen and oxygen atoms in total. The molecule has 0 aromatic carbocycles. The summed E-state index contributed by atoms with van der Waals surface area (Å²) in [7, 11) is 0. The molecule has 1 atom stereocenters. The maximum absolute atomic E-state index is 9.92. The molecule has 2 aliphatic heterocycles. The van der Waals surface area contributed by atoms with E-state index in [1.54, 1.807) is 0 Å².